The molecule has 5 nitrogen and oxygen atoms in total. The maximum atomic E-state index is 12.6. The van der Waals surface area contributed by atoms with Gasteiger partial charge in [-0.25, -0.2) is 4.98 Å². The van der Waals surface area contributed by atoms with Crippen molar-refractivity contribution >= 4 is 41.0 Å². The summed E-state index contributed by atoms with van der Waals surface area (Å²) in [5.74, 6) is 1.49. The molecule has 1 heterocycles. The van der Waals surface area contributed by atoms with Crippen LogP contribution in [0, 0.1) is 0 Å². The molecule has 156 valence electrons. The van der Waals surface area contributed by atoms with E-state index in [1.807, 2.05) is 35.9 Å². The lowest BCUT2D eigenvalue weighted by Crippen LogP contribution is -2.38. The van der Waals surface area contributed by atoms with Gasteiger partial charge in [0.2, 0.25) is 0 Å². The van der Waals surface area contributed by atoms with Gasteiger partial charge < -0.3 is 15.2 Å². The number of hydrogen-bond donors (Lipinski definition) is 2. The second kappa shape index (κ2) is 9.95. The number of fused-ring (bicyclic) bond motifs is 1. The maximum Gasteiger partial charge on any atom is 0.416 e. The second-order valence-electron chi connectivity index (χ2n) is 6.37. The molecule has 0 amide bonds. The lowest BCUT2D eigenvalue weighted by Gasteiger charge is -2.12. The van der Waals surface area contributed by atoms with Crippen LogP contribution in [0.4, 0.5) is 13.2 Å². The summed E-state index contributed by atoms with van der Waals surface area (Å²) in [5, 5.41) is 6.38. The van der Waals surface area contributed by atoms with Gasteiger partial charge in [-0.2, -0.15) is 13.2 Å². The SMILES string of the molecule is CN=C(NCCc1ccc(C(F)(F)F)cc1)NCc1nc2ccccc2n1C.I. The number of aromatic nitrogens is 2. The quantitative estimate of drug-likeness (QED) is 0.304. The number of nitrogens with zero attached hydrogens (tertiary/aromatic N) is 3. The Morgan fingerprint density at radius 3 is 2.38 bits per heavy atom. The highest BCUT2D eigenvalue weighted by Crippen LogP contribution is 2.29. The topological polar surface area (TPSA) is 54.2 Å². The molecule has 0 aliphatic rings. The Bertz CT molecular complexity index is 964. The number of benzene rings is 2. The molecule has 0 spiro atoms. The predicted molar refractivity (Wildman–Crippen MR) is 119 cm³/mol. The van der Waals surface area contributed by atoms with Crippen molar-refractivity contribution in [2.45, 2.75) is 19.1 Å². The highest BCUT2D eigenvalue weighted by atomic mass is 127. The van der Waals surface area contributed by atoms with Gasteiger partial charge in [-0.05, 0) is 36.2 Å². The largest absolute Gasteiger partial charge is 0.416 e. The summed E-state index contributed by atoms with van der Waals surface area (Å²) in [5.41, 5.74) is 2.19. The van der Waals surface area contributed by atoms with Crippen LogP contribution in [0.5, 0.6) is 0 Å². The molecule has 2 aromatic carbocycles. The number of rotatable bonds is 5. The van der Waals surface area contributed by atoms with Crippen LogP contribution in [0.1, 0.15) is 17.0 Å². The number of hydrogen-bond acceptors (Lipinski definition) is 2. The molecule has 2 N–H and O–H groups in total. The van der Waals surface area contributed by atoms with Crippen LogP contribution in [0.25, 0.3) is 11.0 Å². The maximum absolute atomic E-state index is 12.6. The van der Waals surface area contributed by atoms with E-state index in [0.29, 0.717) is 25.5 Å². The van der Waals surface area contributed by atoms with E-state index < -0.39 is 11.7 Å². The van der Waals surface area contributed by atoms with Crippen molar-refractivity contribution < 1.29 is 13.2 Å². The zero-order valence-electron chi connectivity index (χ0n) is 16.1. The van der Waals surface area contributed by atoms with Crippen molar-refractivity contribution in [3.05, 3.63) is 65.5 Å². The van der Waals surface area contributed by atoms with Crippen LogP contribution in [0.3, 0.4) is 0 Å². The Hall–Kier alpha value is -2.30. The zero-order valence-corrected chi connectivity index (χ0v) is 18.5. The number of aryl methyl sites for hydroxylation is 1. The first kappa shape index (κ1) is 23.0. The minimum atomic E-state index is -4.31. The molecule has 0 bridgehead atoms. The van der Waals surface area contributed by atoms with E-state index in [-0.39, 0.29) is 24.0 Å². The van der Waals surface area contributed by atoms with Crippen molar-refractivity contribution in [1.29, 1.82) is 0 Å². The smallest absolute Gasteiger partial charge is 0.356 e. The van der Waals surface area contributed by atoms with Crippen molar-refractivity contribution in [3.8, 4) is 0 Å². The summed E-state index contributed by atoms with van der Waals surface area (Å²) in [6, 6.07) is 13.1. The molecule has 29 heavy (non-hydrogen) atoms. The minimum Gasteiger partial charge on any atom is -0.356 e. The molecule has 0 aliphatic carbocycles. The number of halogens is 4. The lowest BCUT2D eigenvalue weighted by atomic mass is 10.1. The van der Waals surface area contributed by atoms with Crippen LogP contribution in [-0.4, -0.2) is 29.1 Å². The van der Waals surface area contributed by atoms with Crippen LogP contribution >= 0.6 is 24.0 Å². The molecule has 3 rings (SSSR count). The van der Waals surface area contributed by atoms with Gasteiger partial charge in [-0.3, -0.25) is 4.99 Å². The molecule has 0 unspecified atom stereocenters. The molecule has 9 heteroatoms. The zero-order chi connectivity index (χ0) is 20.1. The summed E-state index contributed by atoms with van der Waals surface area (Å²) < 4.78 is 39.8. The highest BCUT2D eigenvalue weighted by Gasteiger charge is 2.29. The number of para-hydroxylation sites is 2. The predicted octanol–water partition coefficient (Wildman–Crippen LogP) is 4.12. The normalized spacial score (nSPS) is 12.0. The number of aliphatic imine (C=N–C) groups is 1. The van der Waals surface area contributed by atoms with Gasteiger partial charge >= 0.3 is 6.18 Å². The summed E-state index contributed by atoms with van der Waals surface area (Å²) in [4.78, 5) is 8.77. The number of imidazole rings is 1. The Morgan fingerprint density at radius 2 is 1.76 bits per heavy atom. The van der Waals surface area contributed by atoms with Crippen molar-refractivity contribution in [1.82, 2.24) is 20.2 Å². The summed E-state index contributed by atoms with van der Waals surface area (Å²) in [7, 11) is 3.63. The molecule has 0 saturated carbocycles. The van der Waals surface area contributed by atoms with Gasteiger partial charge in [0, 0.05) is 20.6 Å². The van der Waals surface area contributed by atoms with Gasteiger partial charge in [0.25, 0.3) is 0 Å². The highest BCUT2D eigenvalue weighted by molar-refractivity contribution is 14.0. The first-order valence-electron chi connectivity index (χ1n) is 8.89. The van der Waals surface area contributed by atoms with E-state index in [1.165, 1.54) is 12.1 Å². The van der Waals surface area contributed by atoms with Gasteiger partial charge in [0.1, 0.15) is 5.82 Å². The van der Waals surface area contributed by atoms with Gasteiger partial charge in [-0.15, -0.1) is 24.0 Å². The van der Waals surface area contributed by atoms with Gasteiger partial charge in [0.15, 0.2) is 5.96 Å². The Kier molecular flexibility index (Phi) is 7.88. The van der Waals surface area contributed by atoms with E-state index in [0.717, 1.165) is 34.6 Å². The van der Waals surface area contributed by atoms with Crippen molar-refractivity contribution in [2.24, 2.45) is 12.0 Å². The van der Waals surface area contributed by atoms with E-state index in [2.05, 4.69) is 20.6 Å². The van der Waals surface area contributed by atoms with Crippen LogP contribution in [-0.2, 0) is 26.2 Å². The molecular formula is C20H23F3IN5. The van der Waals surface area contributed by atoms with E-state index in [9.17, 15) is 13.2 Å². The Labute approximate surface area is 184 Å². The molecule has 0 saturated heterocycles. The third kappa shape index (κ3) is 5.84. The average Bonchev–Trinajstić information content (AvgIpc) is 3.00. The monoisotopic (exact) mass is 517 g/mol. The van der Waals surface area contributed by atoms with E-state index in [4.69, 9.17) is 0 Å². The minimum absolute atomic E-state index is 0. The standard InChI is InChI=1S/C20H22F3N5.HI/c1-24-19(25-12-11-14-7-9-15(10-8-14)20(21,22)23)26-13-18-27-16-5-3-4-6-17(16)28(18)2;/h3-10H,11-13H2,1-2H3,(H2,24,25,26);1H. The Morgan fingerprint density at radius 1 is 1.07 bits per heavy atom. The van der Waals surface area contributed by atoms with Gasteiger partial charge in [-0.1, -0.05) is 24.3 Å². The third-order valence-electron chi connectivity index (χ3n) is 4.50. The molecule has 0 radical (unpaired) electrons. The van der Waals surface area contributed by atoms with Gasteiger partial charge in [0.05, 0.1) is 23.1 Å². The van der Waals surface area contributed by atoms with Crippen LogP contribution < -0.4 is 10.6 Å². The number of nitrogens with one attached hydrogen (secondary N) is 2. The second-order valence-corrected chi connectivity index (χ2v) is 6.37. The first-order valence-corrected chi connectivity index (χ1v) is 8.89. The molecule has 0 atom stereocenters. The van der Waals surface area contributed by atoms with Crippen LogP contribution in [0.15, 0.2) is 53.5 Å². The fraction of sp³-hybridized carbons (Fsp3) is 0.300. The number of alkyl halides is 3. The van der Waals surface area contributed by atoms with Crippen molar-refractivity contribution in [3.63, 3.8) is 0 Å². The lowest BCUT2D eigenvalue weighted by molar-refractivity contribution is -0.137. The molecule has 0 aliphatic heterocycles. The molecular weight excluding hydrogens is 494 g/mol. The third-order valence-corrected chi connectivity index (χ3v) is 4.50. The first-order chi connectivity index (χ1) is 13.4. The van der Waals surface area contributed by atoms with Crippen LogP contribution in [0.2, 0.25) is 0 Å². The average molecular weight is 517 g/mol. The molecule has 0 fully saturated rings. The van der Waals surface area contributed by atoms with E-state index >= 15 is 0 Å². The Balaban J connectivity index is 0.00000300. The fourth-order valence-corrected chi connectivity index (χ4v) is 2.92. The summed E-state index contributed by atoms with van der Waals surface area (Å²) >= 11 is 0. The van der Waals surface area contributed by atoms with E-state index in [1.54, 1.807) is 7.05 Å². The molecule has 1 aromatic heterocycles. The molecule has 3 aromatic rings. The van der Waals surface area contributed by atoms with Crippen molar-refractivity contribution in [2.75, 3.05) is 13.6 Å². The summed E-state index contributed by atoms with van der Waals surface area (Å²) in [6.07, 6.45) is -3.72. The fourth-order valence-electron chi connectivity index (χ4n) is 2.92. The number of guanidine groups is 1. The summed E-state index contributed by atoms with van der Waals surface area (Å²) in [6.45, 7) is 1.05.